The maximum Gasteiger partial charge on any atom is 0.410 e. The van der Waals surface area contributed by atoms with Crippen molar-refractivity contribution in [3.8, 4) is 11.3 Å². The van der Waals surface area contributed by atoms with E-state index in [4.69, 9.17) is 22.1 Å². The van der Waals surface area contributed by atoms with Gasteiger partial charge in [0.1, 0.15) is 17.1 Å². The summed E-state index contributed by atoms with van der Waals surface area (Å²) in [7, 11) is 0. The molecule has 36 heavy (non-hydrogen) atoms. The summed E-state index contributed by atoms with van der Waals surface area (Å²) in [5.41, 5.74) is 5.06. The fourth-order valence-electron chi connectivity index (χ4n) is 4.86. The summed E-state index contributed by atoms with van der Waals surface area (Å²) in [4.78, 5) is 32.6. The Morgan fingerprint density at radius 1 is 1.08 bits per heavy atom. The highest BCUT2D eigenvalue weighted by atomic mass is 35.5. The highest BCUT2D eigenvalue weighted by Crippen LogP contribution is 2.42. The van der Waals surface area contributed by atoms with Crippen LogP contribution < -0.4 is 5.73 Å². The minimum Gasteiger partial charge on any atom is -0.444 e. The molecule has 1 spiro atoms. The van der Waals surface area contributed by atoms with Crippen molar-refractivity contribution in [2.75, 3.05) is 31.9 Å². The average Bonchev–Trinajstić information content (AvgIpc) is 2.74. The summed E-state index contributed by atoms with van der Waals surface area (Å²) in [5, 5.41) is 0.786. The van der Waals surface area contributed by atoms with Crippen molar-refractivity contribution in [2.45, 2.75) is 26.4 Å². The molecule has 2 N–H and O–H groups in total. The number of rotatable bonds is 2. The lowest BCUT2D eigenvalue weighted by molar-refractivity contribution is -0.0980. The molecule has 2 aliphatic rings. The Balaban J connectivity index is 1.33. The number of anilines is 1. The van der Waals surface area contributed by atoms with Crippen LogP contribution in [0.2, 0.25) is 5.02 Å². The molecule has 0 atom stereocenters. The highest BCUT2D eigenvalue weighted by Gasteiger charge is 2.55. The van der Waals surface area contributed by atoms with Crippen molar-refractivity contribution < 1.29 is 23.1 Å². The minimum absolute atomic E-state index is 0.0491. The highest BCUT2D eigenvalue weighted by molar-refractivity contribution is 6.36. The summed E-state index contributed by atoms with van der Waals surface area (Å²) < 4.78 is 34.9. The molecule has 0 unspecified atom stereocenters. The summed E-state index contributed by atoms with van der Waals surface area (Å²) >= 11 is 6.18. The van der Waals surface area contributed by atoms with Crippen LogP contribution in [0.3, 0.4) is 0 Å². The van der Waals surface area contributed by atoms with Gasteiger partial charge in [0.05, 0.1) is 16.3 Å². The number of nitrogen functional groups attached to an aromatic ring is 1. The maximum atomic E-state index is 15.4. The molecule has 0 saturated carbocycles. The smallest absolute Gasteiger partial charge is 0.410 e. The van der Waals surface area contributed by atoms with E-state index in [0.29, 0.717) is 37.0 Å². The van der Waals surface area contributed by atoms with E-state index in [2.05, 4.69) is 4.98 Å². The van der Waals surface area contributed by atoms with E-state index in [9.17, 15) is 14.0 Å². The molecule has 1 aromatic heterocycles. The van der Waals surface area contributed by atoms with Gasteiger partial charge < -0.3 is 20.3 Å². The van der Waals surface area contributed by atoms with Crippen molar-refractivity contribution in [3.05, 3.63) is 58.7 Å². The van der Waals surface area contributed by atoms with Crippen LogP contribution in [-0.4, -0.2) is 58.6 Å². The van der Waals surface area contributed by atoms with Gasteiger partial charge in [0.2, 0.25) is 0 Å². The predicted octanol–water partition coefficient (Wildman–Crippen LogP) is 5.11. The minimum atomic E-state index is -0.872. The van der Waals surface area contributed by atoms with Crippen LogP contribution in [0.1, 0.15) is 31.1 Å². The van der Waals surface area contributed by atoms with E-state index >= 15 is 4.39 Å². The molecule has 0 aliphatic carbocycles. The predicted molar refractivity (Wildman–Crippen MR) is 133 cm³/mol. The van der Waals surface area contributed by atoms with Crippen molar-refractivity contribution >= 4 is 40.1 Å². The lowest BCUT2D eigenvalue weighted by Gasteiger charge is -2.59. The number of aromatic nitrogens is 1. The van der Waals surface area contributed by atoms with Gasteiger partial charge in [-0.1, -0.05) is 35.9 Å². The Hall–Kier alpha value is -3.46. The second-order valence-electron chi connectivity index (χ2n) is 10.5. The first-order valence-electron chi connectivity index (χ1n) is 11.5. The van der Waals surface area contributed by atoms with E-state index in [-0.39, 0.29) is 39.0 Å². The van der Waals surface area contributed by atoms with Gasteiger partial charge in [-0.05, 0) is 32.2 Å². The summed E-state index contributed by atoms with van der Waals surface area (Å²) in [6, 6.07) is 7.77. The number of carbonyl (C=O) groups is 2. The molecule has 2 saturated heterocycles. The Morgan fingerprint density at radius 3 is 2.42 bits per heavy atom. The summed E-state index contributed by atoms with van der Waals surface area (Å²) in [6.07, 6.45) is 0.860. The maximum absolute atomic E-state index is 15.4. The van der Waals surface area contributed by atoms with E-state index in [1.165, 1.54) is 12.3 Å². The normalized spacial score (nSPS) is 16.6. The zero-order valence-corrected chi connectivity index (χ0v) is 20.8. The molecule has 3 aromatic rings. The van der Waals surface area contributed by atoms with Gasteiger partial charge >= 0.3 is 6.09 Å². The zero-order valence-electron chi connectivity index (χ0n) is 20.1. The van der Waals surface area contributed by atoms with Gasteiger partial charge in [0.15, 0.2) is 5.82 Å². The monoisotopic (exact) mass is 514 g/mol. The van der Waals surface area contributed by atoms with Crippen molar-refractivity contribution in [1.82, 2.24) is 14.8 Å². The van der Waals surface area contributed by atoms with E-state index in [1.54, 1.807) is 54.8 Å². The number of likely N-dealkylation sites (tertiary alicyclic amines) is 2. The first kappa shape index (κ1) is 24.2. The van der Waals surface area contributed by atoms with Crippen LogP contribution in [0.15, 0.2) is 36.5 Å². The summed E-state index contributed by atoms with van der Waals surface area (Å²) in [6.45, 7) is 7.25. The van der Waals surface area contributed by atoms with Gasteiger partial charge in [-0.25, -0.2) is 13.6 Å². The number of nitrogens with zero attached hydrogens (tertiary/aromatic N) is 3. The lowest BCUT2D eigenvalue weighted by atomic mass is 9.73. The van der Waals surface area contributed by atoms with Crippen LogP contribution >= 0.6 is 11.6 Å². The van der Waals surface area contributed by atoms with Gasteiger partial charge in [-0.15, -0.1) is 0 Å². The second kappa shape index (κ2) is 8.30. The molecule has 0 radical (unpaired) electrons. The number of hydrogen-bond donors (Lipinski definition) is 1. The molecule has 188 valence electrons. The number of amides is 2. The van der Waals surface area contributed by atoms with Crippen LogP contribution in [0.25, 0.3) is 22.0 Å². The third kappa shape index (κ3) is 4.01. The topological polar surface area (TPSA) is 88.8 Å². The molecule has 5 rings (SSSR count). The SMILES string of the molecule is CC(C)(C)OC(=O)N1CC2(C1)CN(C(=O)c1cnc(-c3cccc4ccc(F)c(Cl)c34)c(F)c1N)C2. The fraction of sp³-hybridized carbons (Fsp3) is 0.346. The molecule has 2 amide bonds. The average molecular weight is 515 g/mol. The van der Waals surface area contributed by atoms with Crippen molar-refractivity contribution in [3.63, 3.8) is 0 Å². The van der Waals surface area contributed by atoms with Gasteiger partial charge in [0, 0.05) is 48.7 Å². The first-order chi connectivity index (χ1) is 16.9. The number of fused-ring (bicyclic) bond motifs is 1. The van der Waals surface area contributed by atoms with E-state index in [1.807, 2.05) is 0 Å². The molecule has 7 nitrogen and oxygen atoms in total. The van der Waals surface area contributed by atoms with E-state index in [0.717, 1.165) is 0 Å². The molecule has 3 heterocycles. The quantitative estimate of drug-likeness (QED) is 0.513. The van der Waals surface area contributed by atoms with Crippen LogP contribution in [0, 0.1) is 17.0 Å². The molecule has 2 fully saturated rings. The summed E-state index contributed by atoms with van der Waals surface area (Å²) in [5.74, 6) is -1.94. The fourth-order valence-corrected chi connectivity index (χ4v) is 5.14. The number of carbonyl (C=O) groups excluding carboxylic acids is 2. The first-order valence-corrected chi connectivity index (χ1v) is 11.9. The largest absolute Gasteiger partial charge is 0.444 e. The third-order valence-electron chi connectivity index (χ3n) is 6.52. The number of benzene rings is 2. The Kier molecular flexibility index (Phi) is 5.59. The third-order valence-corrected chi connectivity index (χ3v) is 6.89. The molecular weight excluding hydrogens is 490 g/mol. The molecule has 0 bridgehead atoms. The van der Waals surface area contributed by atoms with Crippen LogP contribution in [-0.2, 0) is 4.74 Å². The molecule has 2 aromatic carbocycles. The zero-order chi connectivity index (χ0) is 26.0. The second-order valence-corrected chi connectivity index (χ2v) is 10.9. The van der Waals surface area contributed by atoms with Crippen LogP contribution in [0.5, 0.6) is 0 Å². The Labute approximate surface area is 211 Å². The number of halogens is 3. The van der Waals surface area contributed by atoms with Crippen molar-refractivity contribution in [1.29, 1.82) is 0 Å². The Bertz CT molecular complexity index is 1410. The van der Waals surface area contributed by atoms with Gasteiger partial charge in [0.25, 0.3) is 5.91 Å². The number of pyridine rings is 1. The van der Waals surface area contributed by atoms with Gasteiger partial charge in [-0.2, -0.15) is 0 Å². The molecular formula is C26H25ClF2N4O3. The van der Waals surface area contributed by atoms with Gasteiger partial charge in [-0.3, -0.25) is 9.78 Å². The molecule has 10 heteroatoms. The lowest BCUT2D eigenvalue weighted by Crippen LogP contribution is -2.73. The number of nitrogens with two attached hydrogens (primary N) is 1. The number of ether oxygens (including phenoxy) is 1. The van der Waals surface area contributed by atoms with Crippen LogP contribution in [0.4, 0.5) is 19.3 Å². The number of hydrogen-bond acceptors (Lipinski definition) is 5. The molecule has 2 aliphatic heterocycles. The van der Waals surface area contributed by atoms with E-state index < -0.39 is 23.1 Å². The Morgan fingerprint density at radius 2 is 1.75 bits per heavy atom. The standard InChI is InChI=1S/C26H25ClF2N4O3/c1-25(2,3)36-24(35)33-12-26(13-33)10-32(11-26)23(34)16-9-31-22(20(29)21(16)30)15-6-4-5-14-7-8-17(28)19(27)18(14)15/h4-9H,10-13H2,1-3H3,(H2,30,31). The van der Waals surface area contributed by atoms with Crippen molar-refractivity contribution in [2.24, 2.45) is 5.41 Å².